The van der Waals surface area contributed by atoms with Crippen LogP contribution in [0.3, 0.4) is 0 Å². The molecule has 0 heterocycles. The SMILES string of the molecule is CC(=O)Oc1ccc(C(C(=O)Cl)S(=O)(=O)O)cc1OC(C)=O. The largest absolute Gasteiger partial charge is 0.423 e. The van der Waals surface area contributed by atoms with Crippen LogP contribution >= 0.6 is 11.6 Å². The average Bonchev–Trinajstić information content (AvgIpc) is 2.28. The zero-order valence-electron chi connectivity index (χ0n) is 11.4. The van der Waals surface area contributed by atoms with Crippen LogP contribution in [0.15, 0.2) is 18.2 Å². The molecule has 0 aromatic heterocycles. The van der Waals surface area contributed by atoms with Crippen LogP contribution < -0.4 is 9.47 Å². The van der Waals surface area contributed by atoms with Gasteiger partial charge in [0.25, 0.3) is 10.1 Å². The number of halogens is 1. The third-order valence-electron chi connectivity index (χ3n) is 2.28. The minimum Gasteiger partial charge on any atom is -0.423 e. The predicted octanol–water partition coefficient (Wildman–Crippen LogP) is 1.23. The van der Waals surface area contributed by atoms with Gasteiger partial charge in [0, 0.05) is 13.8 Å². The van der Waals surface area contributed by atoms with E-state index in [1.807, 2.05) is 0 Å². The second-order valence-corrected chi connectivity index (χ2v) is 5.97. The lowest BCUT2D eigenvalue weighted by Crippen LogP contribution is -2.18. The Morgan fingerprint density at radius 3 is 2.00 bits per heavy atom. The first-order valence-corrected chi connectivity index (χ1v) is 7.57. The molecule has 10 heteroatoms. The van der Waals surface area contributed by atoms with Gasteiger partial charge in [-0.2, -0.15) is 8.42 Å². The molecular weight excluding hydrogens is 340 g/mol. The molecule has 0 amide bonds. The normalized spacial score (nSPS) is 12.4. The fourth-order valence-corrected chi connectivity index (χ4v) is 2.77. The Morgan fingerprint density at radius 1 is 1.09 bits per heavy atom. The number of hydrogen-bond acceptors (Lipinski definition) is 7. The number of benzene rings is 1. The Labute approximate surface area is 130 Å². The lowest BCUT2D eigenvalue weighted by molar-refractivity contribution is -0.134. The second-order valence-electron chi connectivity index (χ2n) is 4.09. The Morgan fingerprint density at radius 2 is 1.59 bits per heavy atom. The second kappa shape index (κ2) is 6.86. The van der Waals surface area contributed by atoms with Crippen molar-refractivity contribution in [2.24, 2.45) is 0 Å². The quantitative estimate of drug-likeness (QED) is 0.364. The van der Waals surface area contributed by atoms with Gasteiger partial charge in [-0.3, -0.25) is 18.9 Å². The molecule has 1 rings (SSSR count). The van der Waals surface area contributed by atoms with E-state index < -0.39 is 32.5 Å². The van der Waals surface area contributed by atoms with Crippen molar-refractivity contribution in [2.45, 2.75) is 19.1 Å². The highest BCUT2D eigenvalue weighted by Gasteiger charge is 2.32. The molecule has 1 atom stereocenters. The van der Waals surface area contributed by atoms with Crippen molar-refractivity contribution in [3.05, 3.63) is 23.8 Å². The summed E-state index contributed by atoms with van der Waals surface area (Å²) in [5.41, 5.74) is -0.255. The van der Waals surface area contributed by atoms with E-state index in [0.29, 0.717) is 0 Å². The van der Waals surface area contributed by atoms with E-state index in [4.69, 9.17) is 25.6 Å². The van der Waals surface area contributed by atoms with E-state index in [9.17, 15) is 22.8 Å². The summed E-state index contributed by atoms with van der Waals surface area (Å²) in [6, 6.07) is 3.15. The van der Waals surface area contributed by atoms with Crippen LogP contribution in [0.1, 0.15) is 24.7 Å². The fourth-order valence-electron chi connectivity index (χ4n) is 1.58. The maximum Gasteiger partial charge on any atom is 0.308 e. The number of esters is 2. The molecule has 0 aliphatic heterocycles. The van der Waals surface area contributed by atoms with Gasteiger partial charge in [-0.1, -0.05) is 6.07 Å². The van der Waals surface area contributed by atoms with Crippen LogP contribution in [0.25, 0.3) is 0 Å². The van der Waals surface area contributed by atoms with Gasteiger partial charge in [-0.15, -0.1) is 0 Å². The van der Waals surface area contributed by atoms with E-state index >= 15 is 0 Å². The summed E-state index contributed by atoms with van der Waals surface area (Å²) in [4.78, 5) is 33.2. The van der Waals surface area contributed by atoms with Gasteiger partial charge in [-0.05, 0) is 29.3 Å². The summed E-state index contributed by atoms with van der Waals surface area (Å²) in [7, 11) is -4.83. The molecule has 8 nitrogen and oxygen atoms in total. The van der Waals surface area contributed by atoms with Gasteiger partial charge in [0.2, 0.25) is 5.24 Å². The first-order valence-electron chi connectivity index (χ1n) is 5.68. The van der Waals surface area contributed by atoms with E-state index in [-0.39, 0.29) is 17.1 Å². The van der Waals surface area contributed by atoms with E-state index in [0.717, 1.165) is 32.0 Å². The van der Waals surface area contributed by atoms with Crippen LogP contribution in [-0.4, -0.2) is 30.2 Å². The monoisotopic (exact) mass is 350 g/mol. The molecule has 1 unspecified atom stereocenters. The van der Waals surface area contributed by atoms with Crippen molar-refractivity contribution < 1.29 is 36.8 Å². The van der Waals surface area contributed by atoms with E-state index in [2.05, 4.69) is 0 Å². The predicted molar refractivity (Wildman–Crippen MR) is 74.2 cm³/mol. The summed E-state index contributed by atoms with van der Waals surface area (Å²) in [6.45, 7) is 2.17. The van der Waals surface area contributed by atoms with Crippen molar-refractivity contribution in [1.29, 1.82) is 0 Å². The highest BCUT2D eigenvalue weighted by Crippen LogP contribution is 2.34. The number of carbonyl (C=O) groups excluding carboxylic acids is 3. The molecule has 1 aromatic rings. The lowest BCUT2D eigenvalue weighted by Gasteiger charge is -2.13. The van der Waals surface area contributed by atoms with Gasteiger partial charge in [0.1, 0.15) is 0 Å². The van der Waals surface area contributed by atoms with Crippen LogP contribution in [0, 0.1) is 0 Å². The van der Waals surface area contributed by atoms with Crippen molar-refractivity contribution >= 4 is 38.9 Å². The molecule has 0 saturated heterocycles. The molecular formula is C12H11ClO8S. The zero-order valence-corrected chi connectivity index (χ0v) is 13.0. The smallest absolute Gasteiger partial charge is 0.308 e. The molecule has 0 radical (unpaired) electrons. The van der Waals surface area contributed by atoms with Crippen molar-refractivity contribution in [3.8, 4) is 11.5 Å². The molecule has 1 aromatic carbocycles. The van der Waals surface area contributed by atoms with Crippen LogP contribution in [0.2, 0.25) is 0 Å². The molecule has 0 aliphatic rings. The molecule has 0 aliphatic carbocycles. The topological polar surface area (TPSA) is 124 Å². The first kappa shape index (κ1) is 18.1. The van der Waals surface area contributed by atoms with Gasteiger partial charge in [-0.25, -0.2) is 0 Å². The van der Waals surface area contributed by atoms with Crippen molar-refractivity contribution in [2.75, 3.05) is 0 Å². The summed E-state index contributed by atoms with van der Waals surface area (Å²) < 4.78 is 41.1. The number of carbonyl (C=O) groups is 3. The summed E-state index contributed by atoms with van der Waals surface area (Å²) in [5, 5.41) is -3.41. The highest BCUT2D eigenvalue weighted by molar-refractivity contribution is 7.87. The maximum atomic E-state index is 11.2. The van der Waals surface area contributed by atoms with Crippen molar-refractivity contribution in [3.63, 3.8) is 0 Å². The third kappa shape index (κ3) is 4.79. The average molecular weight is 351 g/mol. The first-order chi connectivity index (χ1) is 10.0. The number of rotatable bonds is 5. The van der Waals surface area contributed by atoms with Crippen LogP contribution in [-0.2, 0) is 24.5 Å². The van der Waals surface area contributed by atoms with Gasteiger partial charge in [0.05, 0.1) is 0 Å². The van der Waals surface area contributed by atoms with Crippen molar-refractivity contribution in [1.82, 2.24) is 0 Å². The Bertz CT molecular complexity index is 725. The molecule has 0 spiro atoms. The minimum atomic E-state index is -4.83. The van der Waals surface area contributed by atoms with E-state index in [1.165, 1.54) is 0 Å². The third-order valence-corrected chi connectivity index (χ3v) is 3.71. The Balaban J connectivity index is 3.42. The van der Waals surface area contributed by atoms with Gasteiger partial charge in [0.15, 0.2) is 16.7 Å². The molecule has 22 heavy (non-hydrogen) atoms. The minimum absolute atomic E-state index is 0.164. The number of hydrogen-bond donors (Lipinski definition) is 1. The van der Waals surface area contributed by atoms with E-state index in [1.54, 1.807) is 0 Å². The zero-order chi connectivity index (χ0) is 17.1. The maximum absolute atomic E-state index is 11.2. The molecule has 120 valence electrons. The van der Waals surface area contributed by atoms with Crippen LogP contribution in [0.5, 0.6) is 11.5 Å². The van der Waals surface area contributed by atoms with Crippen LogP contribution in [0.4, 0.5) is 0 Å². The van der Waals surface area contributed by atoms with Gasteiger partial charge < -0.3 is 9.47 Å². The standard InChI is InChI=1S/C12H11ClO8S/c1-6(14)20-9-4-3-8(5-10(9)21-7(2)15)11(12(13)16)22(17,18)19/h3-5,11H,1-2H3,(H,17,18,19). The fraction of sp³-hybridized carbons (Fsp3) is 0.250. The summed E-state index contributed by atoms with van der Waals surface area (Å²) in [5.74, 6) is -1.94. The van der Waals surface area contributed by atoms with Gasteiger partial charge >= 0.3 is 11.9 Å². The Hall–Kier alpha value is -1.97. The summed E-state index contributed by atoms with van der Waals surface area (Å²) >= 11 is 5.17. The molecule has 0 bridgehead atoms. The number of ether oxygens (including phenoxy) is 2. The molecule has 1 N–H and O–H groups in total. The molecule has 0 saturated carbocycles. The summed E-state index contributed by atoms with van der Waals surface area (Å²) in [6.07, 6.45) is 0. The Kier molecular flexibility index (Phi) is 5.64. The molecule has 0 fully saturated rings. The lowest BCUT2D eigenvalue weighted by atomic mass is 10.1. The highest BCUT2D eigenvalue weighted by atomic mass is 35.5.